The Morgan fingerprint density at radius 3 is 2.82 bits per heavy atom. The van der Waals surface area contributed by atoms with E-state index in [1.807, 2.05) is 37.3 Å². The van der Waals surface area contributed by atoms with E-state index in [1.165, 1.54) is 28.6 Å². The van der Waals surface area contributed by atoms with E-state index in [-0.39, 0.29) is 23.3 Å². The van der Waals surface area contributed by atoms with Crippen molar-refractivity contribution in [3.8, 4) is 0 Å². The summed E-state index contributed by atoms with van der Waals surface area (Å²) in [5.41, 5.74) is 2.12. The first-order valence-electron chi connectivity index (χ1n) is 11.8. The zero-order valence-corrected chi connectivity index (χ0v) is 20.6. The summed E-state index contributed by atoms with van der Waals surface area (Å²) < 4.78 is 7.62. The molecule has 174 valence electrons. The average molecular weight is 484 g/mol. The van der Waals surface area contributed by atoms with Crippen LogP contribution in [0, 0.1) is 0 Å². The van der Waals surface area contributed by atoms with Gasteiger partial charge < -0.3 is 9.64 Å². The number of nitrogens with zero attached hydrogens (tertiary/aromatic N) is 3. The van der Waals surface area contributed by atoms with Crippen LogP contribution in [0.1, 0.15) is 43.0 Å². The predicted octanol–water partition coefficient (Wildman–Crippen LogP) is 4.66. The Morgan fingerprint density at radius 1 is 1.24 bits per heavy atom. The van der Waals surface area contributed by atoms with Crippen molar-refractivity contribution in [3.63, 3.8) is 0 Å². The lowest BCUT2D eigenvalue weighted by atomic mass is 9.97. The molecule has 2 aliphatic rings. The second-order valence-corrected chi connectivity index (χ2v) is 10.6. The number of rotatable bonds is 7. The van der Waals surface area contributed by atoms with E-state index in [0.717, 1.165) is 54.6 Å². The van der Waals surface area contributed by atoms with E-state index in [9.17, 15) is 9.59 Å². The Labute approximate surface area is 202 Å². The van der Waals surface area contributed by atoms with E-state index in [1.54, 1.807) is 20.8 Å². The summed E-state index contributed by atoms with van der Waals surface area (Å²) in [5, 5.41) is 1.42. The zero-order valence-electron chi connectivity index (χ0n) is 18.9. The molecule has 0 saturated carbocycles. The van der Waals surface area contributed by atoms with Crippen LogP contribution in [0.3, 0.4) is 0 Å². The smallest absolute Gasteiger partial charge is 0.263 e. The number of thioether (sulfide) groups is 1. The number of thiophene rings is 1. The van der Waals surface area contributed by atoms with Crippen molar-refractivity contribution in [3.05, 3.63) is 51.1 Å². The summed E-state index contributed by atoms with van der Waals surface area (Å²) in [4.78, 5) is 35.6. The third-order valence-electron chi connectivity index (χ3n) is 6.46. The van der Waals surface area contributed by atoms with E-state index in [2.05, 4.69) is 0 Å². The van der Waals surface area contributed by atoms with Crippen LogP contribution in [-0.2, 0) is 28.9 Å². The number of amides is 1. The van der Waals surface area contributed by atoms with Gasteiger partial charge in [0.25, 0.3) is 5.56 Å². The number of carbonyl (C=O) groups excluding carboxylic acids is 1. The van der Waals surface area contributed by atoms with Crippen LogP contribution in [0.4, 0.5) is 5.69 Å². The molecule has 1 fully saturated rings. The molecule has 3 aromatic rings. The minimum absolute atomic E-state index is 0.0113. The molecular formula is C25H29N3O3S2. The van der Waals surface area contributed by atoms with Gasteiger partial charge in [-0.1, -0.05) is 30.0 Å². The number of ether oxygens (including phenoxy) is 1. The summed E-state index contributed by atoms with van der Waals surface area (Å²) in [7, 11) is 0. The molecule has 3 heterocycles. The lowest BCUT2D eigenvalue weighted by Crippen LogP contribution is -2.33. The van der Waals surface area contributed by atoms with Gasteiger partial charge in [-0.25, -0.2) is 4.98 Å². The van der Waals surface area contributed by atoms with Crippen molar-refractivity contribution in [2.75, 3.05) is 23.8 Å². The average Bonchev–Trinajstić information content (AvgIpc) is 3.48. The first-order chi connectivity index (χ1) is 16.2. The van der Waals surface area contributed by atoms with Gasteiger partial charge in [-0.05, 0) is 63.1 Å². The molecule has 5 rings (SSSR count). The number of hydrogen-bond donors (Lipinski definition) is 0. The van der Waals surface area contributed by atoms with Crippen LogP contribution in [-0.4, -0.2) is 40.5 Å². The maximum atomic E-state index is 13.7. The van der Waals surface area contributed by atoms with Crippen molar-refractivity contribution in [1.82, 2.24) is 9.55 Å². The monoisotopic (exact) mass is 483 g/mol. The standard InChI is InChI=1S/C25H29N3O3S2/c1-2-27(17-9-4-3-5-10-17)21(29)16-32-25-26-23-22(19-12-6-7-13-20(19)33-23)24(30)28(25)15-18-11-8-14-31-18/h3-5,9-10,18H,2,6-8,11-16H2,1H3. The SMILES string of the molecule is CCN(C(=O)CSc1nc2sc3c(c2c(=O)n1CC1CCCO1)CCCC3)c1ccccc1. The number of anilines is 1. The molecule has 0 spiro atoms. The lowest BCUT2D eigenvalue weighted by molar-refractivity contribution is -0.116. The fourth-order valence-electron chi connectivity index (χ4n) is 4.80. The number of aromatic nitrogens is 2. The van der Waals surface area contributed by atoms with Crippen LogP contribution in [0.25, 0.3) is 10.2 Å². The van der Waals surface area contributed by atoms with E-state index >= 15 is 0 Å². The van der Waals surface area contributed by atoms with Crippen LogP contribution in [0.5, 0.6) is 0 Å². The van der Waals surface area contributed by atoms with Gasteiger partial charge in [-0.15, -0.1) is 11.3 Å². The minimum Gasteiger partial charge on any atom is -0.376 e. The first kappa shape index (κ1) is 22.6. The molecule has 1 aliphatic carbocycles. The highest BCUT2D eigenvalue weighted by Crippen LogP contribution is 2.35. The first-order valence-corrected chi connectivity index (χ1v) is 13.6. The van der Waals surface area contributed by atoms with Crippen molar-refractivity contribution >= 4 is 44.9 Å². The maximum absolute atomic E-state index is 13.7. The molecule has 1 aromatic carbocycles. The van der Waals surface area contributed by atoms with Crippen molar-refractivity contribution in [1.29, 1.82) is 0 Å². The largest absolute Gasteiger partial charge is 0.376 e. The van der Waals surface area contributed by atoms with E-state index < -0.39 is 0 Å². The molecule has 0 radical (unpaired) electrons. The molecule has 1 amide bonds. The highest BCUT2D eigenvalue weighted by molar-refractivity contribution is 7.99. The Balaban J connectivity index is 1.47. The summed E-state index contributed by atoms with van der Waals surface area (Å²) in [6.07, 6.45) is 6.29. The fraction of sp³-hybridized carbons (Fsp3) is 0.480. The molecule has 1 atom stereocenters. The predicted molar refractivity (Wildman–Crippen MR) is 135 cm³/mol. The molecule has 33 heavy (non-hydrogen) atoms. The van der Waals surface area contributed by atoms with Gasteiger partial charge in [-0.3, -0.25) is 14.2 Å². The Morgan fingerprint density at radius 2 is 2.06 bits per heavy atom. The summed E-state index contributed by atoms with van der Waals surface area (Å²) >= 11 is 3.02. The maximum Gasteiger partial charge on any atom is 0.263 e. The van der Waals surface area contributed by atoms with Crippen molar-refractivity contribution in [2.45, 2.75) is 63.3 Å². The molecule has 0 N–H and O–H groups in total. The number of hydrogen-bond acceptors (Lipinski definition) is 6. The zero-order chi connectivity index (χ0) is 22.8. The highest BCUT2D eigenvalue weighted by Gasteiger charge is 2.25. The van der Waals surface area contributed by atoms with Crippen LogP contribution < -0.4 is 10.5 Å². The molecule has 0 bridgehead atoms. The van der Waals surface area contributed by atoms with Crippen LogP contribution in [0.15, 0.2) is 40.3 Å². The second-order valence-electron chi connectivity index (χ2n) is 8.60. The van der Waals surface area contributed by atoms with E-state index in [0.29, 0.717) is 18.2 Å². The summed E-state index contributed by atoms with van der Waals surface area (Å²) in [5.74, 6) is 0.245. The molecule has 1 aliphatic heterocycles. The molecule has 6 nitrogen and oxygen atoms in total. The minimum atomic E-state index is 0.0113. The van der Waals surface area contributed by atoms with Gasteiger partial charge in [0, 0.05) is 23.7 Å². The number of para-hydroxylation sites is 1. The van der Waals surface area contributed by atoms with Gasteiger partial charge in [0.1, 0.15) is 4.83 Å². The fourth-order valence-corrected chi connectivity index (χ4v) is 6.99. The summed E-state index contributed by atoms with van der Waals surface area (Å²) in [6.45, 7) is 3.81. The highest BCUT2D eigenvalue weighted by atomic mass is 32.2. The summed E-state index contributed by atoms with van der Waals surface area (Å²) in [6, 6.07) is 9.71. The lowest BCUT2D eigenvalue weighted by Gasteiger charge is -2.21. The quantitative estimate of drug-likeness (QED) is 0.361. The van der Waals surface area contributed by atoms with Gasteiger partial charge in [0.15, 0.2) is 5.16 Å². The molecule has 1 saturated heterocycles. The third kappa shape index (κ3) is 4.61. The van der Waals surface area contributed by atoms with Gasteiger partial charge >= 0.3 is 0 Å². The van der Waals surface area contributed by atoms with Gasteiger partial charge in [0.05, 0.1) is 23.8 Å². The second kappa shape index (κ2) is 9.99. The Hall–Kier alpha value is -2.16. The van der Waals surface area contributed by atoms with Gasteiger partial charge in [-0.2, -0.15) is 0 Å². The molecule has 2 aromatic heterocycles. The Bertz CT molecular complexity index is 1200. The van der Waals surface area contributed by atoms with Crippen molar-refractivity contribution in [2.24, 2.45) is 0 Å². The van der Waals surface area contributed by atoms with Gasteiger partial charge in [0.2, 0.25) is 5.91 Å². The normalized spacial score (nSPS) is 17.9. The van der Waals surface area contributed by atoms with Crippen molar-refractivity contribution < 1.29 is 9.53 Å². The Kier molecular flexibility index (Phi) is 6.85. The van der Waals surface area contributed by atoms with E-state index in [4.69, 9.17) is 9.72 Å². The molecular weight excluding hydrogens is 454 g/mol. The number of carbonyl (C=O) groups is 1. The number of benzene rings is 1. The topological polar surface area (TPSA) is 64.4 Å². The number of fused-ring (bicyclic) bond motifs is 3. The molecule has 8 heteroatoms. The molecule has 1 unspecified atom stereocenters. The van der Waals surface area contributed by atoms with Crippen LogP contribution in [0.2, 0.25) is 0 Å². The number of aryl methyl sites for hydroxylation is 2. The van der Waals surface area contributed by atoms with Crippen LogP contribution >= 0.6 is 23.1 Å². The third-order valence-corrected chi connectivity index (χ3v) is 8.61.